The Hall–Kier alpha value is -4.09. The number of carbonyl (C=O) groups is 3. The van der Waals surface area contributed by atoms with Gasteiger partial charge in [0, 0.05) is 17.1 Å². The second-order valence-electron chi connectivity index (χ2n) is 10.1. The molecule has 2 aromatic carbocycles. The maximum Gasteiger partial charge on any atom is 0.230 e. The molecule has 0 aromatic heterocycles. The number of phenols is 1. The second kappa shape index (κ2) is 9.28. The minimum Gasteiger partial charge on any atom is -0.508 e. The average molecular weight is 540 g/mol. The van der Waals surface area contributed by atoms with E-state index in [0.29, 0.717) is 33.9 Å². The fourth-order valence-corrected chi connectivity index (χ4v) is 6.49. The maximum absolute atomic E-state index is 13.8. The molecule has 11 nitrogen and oxygen atoms in total. The van der Waals surface area contributed by atoms with Crippen LogP contribution in [0, 0.1) is 17.8 Å². The predicted molar refractivity (Wildman–Crippen MR) is 136 cm³/mol. The number of hydrogen-bond donors (Lipinski definition) is 5. The molecule has 0 spiro atoms. The number of aromatic hydroxyl groups is 1. The van der Waals surface area contributed by atoms with E-state index < -0.39 is 52.7 Å². The Labute approximate surface area is 223 Å². The van der Waals surface area contributed by atoms with Crippen molar-refractivity contribution in [1.82, 2.24) is 0 Å². The fourth-order valence-electron chi connectivity index (χ4n) is 6.49. The molecule has 0 aliphatic heterocycles. The molecule has 5 rings (SSSR count). The van der Waals surface area contributed by atoms with Gasteiger partial charge in [0.2, 0.25) is 11.7 Å². The van der Waals surface area contributed by atoms with E-state index in [2.05, 4.69) is 0 Å². The van der Waals surface area contributed by atoms with Gasteiger partial charge < -0.3 is 40.4 Å². The number of amides is 1. The van der Waals surface area contributed by atoms with E-state index in [1.165, 1.54) is 27.4 Å². The highest BCUT2D eigenvalue weighted by Gasteiger charge is 2.62. The first-order valence-electron chi connectivity index (χ1n) is 12.4. The number of ketones is 2. The van der Waals surface area contributed by atoms with Crippen molar-refractivity contribution in [3.05, 3.63) is 46.7 Å². The number of ether oxygens (including phenoxy) is 3. The molecule has 2 unspecified atom stereocenters. The smallest absolute Gasteiger partial charge is 0.230 e. The van der Waals surface area contributed by atoms with Crippen molar-refractivity contribution in [2.24, 2.45) is 23.5 Å². The molecular formula is C28H29NO10. The molecule has 206 valence electrons. The fraction of sp³-hybridized carbons (Fsp3) is 0.393. The van der Waals surface area contributed by atoms with E-state index >= 15 is 0 Å². The van der Waals surface area contributed by atoms with Gasteiger partial charge in [0.15, 0.2) is 28.7 Å². The van der Waals surface area contributed by atoms with Gasteiger partial charge >= 0.3 is 0 Å². The lowest BCUT2D eigenvalue weighted by molar-refractivity contribution is -0.167. The van der Waals surface area contributed by atoms with E-state index in [1.54, 1.807) is 18.2 Å². The van der Waals surface area contributed by atoms with E-state index in [9.17, 15) is 34.8 Å². The highest BCUT2D eigenvalue weighted by molar-refractivity contribution is 6.16. The Bertz CT molecular complexity index is 1450. The number of methoxy groups -OCH3 is 3. The van der Waals surface area contributed by atoms with E-state index in [-0.39, 0.29) is 36.1 Å². The third kappa shape index (κ3) is 3.60. The zero-order valence-corrected chi connectivity index (χ0v) is 21.6. The Kier molecular flexibility index (Phi) is 6.31. The number of allylic oxidation sites excluding steroid dienone is 1. The summed E-state index contributed by atoms with van der Waals surface area (Å²) in [6, 6.07) is 6.40. The number of fused-ring (bicyclic) bond motifs is 3. The molecule has 1 fully saturated rings. The van der Waals surface area contributed by atoms with Crippen LogP contribution >= 0.6 is 0 Å². The summed E-state index contributed by atoms with van der Waals surface area (Å²) in [5.74, 6) is -6.46. The summed E-state index contributed by atoms with van der Waals surface area (Å²) >= 11 is 0. The summed E-state index contributed by atoms with van der Waals surface area (Å²) in [5, 5.41) is 43.9. The number of carbonyl (C=O) groups excluding carboxylic acids is 3. The highest BCUT2D eigenvalue weighted by atomic mass is 16.5. The molecule has 0 heterocycles. The van der Waals surface area contributed by atoms with E-state index in [0.717, 1.165) is 0 Å². The normalized spacial score (nSPS) is 27.8. The molecule has 2 aromatic rings. The van der Waals surface area contributed by atoms with Crippen LogP contribution in [0.5, 0.6) is 23.0 Å². The maximum atomic E-state index is 13.8. The quantitative estimate of drug-likeness (QED) is 0.348. The lowest BCUT2D eigenvalue weighted by atomic mass is 9.57. The molecule has 3 aliphatic carbocycles. The third-order valence-corrected chi connectivity index (χ3v) is 8.27. The summed E-state index contributed by atoms with van der Waals surface area (Å²) in [4.78, 5) is 38.9. The van der Waals surface area contributed by atoms with Crippen LogP contribution in [0.3, 0.4) is 0 Å². The van der Waals surface area contributed by atoms with Crippen LogP contribution in [0.25, 0.3) is 11.1 Å². The Morgan fingerprint density at radius 2 is 1.64 bits per heavy atom. The first kappa shape index (κ1) is 26.5. The Morgan fingerprint density at radius 1 is 0.974 bits per heavy atom. The van der Waals surface area contributed by atoms with Gasteiger partial charge in [0.05, 0.1) is 33.0 Å². The van der Waals surface area contributed by atoms with Crippen LogP contribution < -0.4 is 19.9 Å². The summed E-state index contributed by atoms with van der Waals surface area (Å²) < 4.78 is 16.5. The summed E-state index contributed by atoms with van der Waals surface area (Å²) in [7, 11) is 4.41. The number of primary amides is 1. The van der Waals surface area contributed by atoms with Crippen molar-refractivity contribution in [2.45, 2.75) is 31.0 Å². The molecule has 1 saturated carbocycles. The van der Waals surface area contributed by atoms with Gasteiger partial charge in [-0.05, 0) is 54.5 Å². The third-order valence-electron chi connectivity index (χ3n) is 8.27. The van der Waals surface area contributed by atoms with Crippen molar-refractivity contribution in [2.75, 3.05) is 21.3 Å². The summed E-state index contributed by atoms with van der Waals surface area (Å²) in [6.07, 6.45) is -1.39. The number of phenolic OH excluding ortho intramolecular Hbond substituents is 1. The van der Waals surface area contributed by atoms with Gasteiger partial charge in [-0.25, -0.2) is 0 Å². The zero-order valence-electron chi connectivity index (χ0n) is 21.6. The number of rotatable bonds is 5. The van der Waals surface area contributed by atoms with Crippen molar-refractivity contribution in [3.63, 3.8) is 0 Å². The van der Waals surface area contributed by atoms with E-state index in [4.69, 9.17) is 19.9 Å². The molecule has 11 heteroatoms. The second-order valence-corrected chi connectivity index (χ2v) is 10.1. The molecule has 39 heavy (non-hydrogen) atoms. The van der Waals surface area contributed by atoms with Gasteiger partial charge in [-0.3, -0.25) is 14.4 Å². The van der Waals surface area contributed by atoms with Gasteiger partial charge in [0.1, 0.15) is 17.4 Å². The molecule has 1 amide bonds. The number of nitrogens with two attached hydrogens (primary N) is 1. The predicted octanol–water partition coefficient (Wildman–Crippen LogP) is 1.44. The number of hydrogen-bond acceptors (Lipinski definition) is 10. The van der Waals surface area contributed by atoms with Crippen LogP contribution in [0.4, 0.5) is 0 Å². The van der Waals surface area contributed by atoms with Crippen LogP contribution in [-0.2, 0) is 16.0 Å². The minimum absolute atomic E-state index is 0.0630. The molecule has 0 saturated heterocycles. The van der Waals surface area contributed by atoms with Gasteiger partial charge in [0.25, 0.3) is 0 Å². The van der Waals surface area contributed by atoms with Crippen molar-refractivity contribution in [1.29, 1.82) is 0 Å². The highest BCUT2D eigenvalue weighted by Crippen LogP contribution is 2.54. The number of aliphatic hydroxyl groups is 3. The molecule has 3 aliphatic rings. The van der Waals surface area contributed by atoms with Crippen molar-refractivity contribution in [3.8, 4) is 34.1 Å². The topological polar surface area (TPSA) is 186 Å². The molecule has 0 bridgehead atoms. The number of aliphatic hydroxyl groups excluding tert-OH is 2. The van der Waals surface area contributed by atoms with Crippen LogP contribution in [-0.4, -0.2) is 70.9 Å². The van der Waals surface area contributed by atoms with Gasteiger partial charge in [-0.1, -0.05) is 6.07 Å². The van der Waals surface area contributed by atoms with Crippen LogP contribution in [0.1, 0.15) is 28.8 Å². The summed E-state index contributed by atoms with van der Waals surface area (Å²) in [6.45, 7) is 0. The molecule has 6 N–H and O–H groups in total. The first-order chi connectivity index (χ1) is 18.5. The average Bonchev–Trinajstić information content (AvgIpc) is 2.89. The SMILES string of the molecule is COc1ccc(-c2ccc(O)c3c2C[C@H]2C[C@H]4CC(O)C(C(N)=O)C(=O)[C@@]4(O)C(O)=C2C3=O)c(OC)c1OC. The Morgan fingerprint density at radius 3 is 2.26 bits per heavy atom. The first-order valence-corrected chi connectivity index (χ1v) is 12.4. The summed E-state index contributed by atoms with van der Waals surface area (Å²) in [5.41, 5.74) is 4.06. The van der Waals surface area contributed by atoms with Crippen LogP contribution in [0.15, 0.2) is 35.6 Å². The van der Waals surface area contributed by atoms with Crippen LogP contribution in [0.2, 0.25) is 0 Å². The lowest BCUT2D eigenvalue weighted by Crippen LogP contribution is -2.63. The number of benzene rings is 2. The van der Waals surface area contributed by atoms with Crippen molar-refractivity contribution >= 4 is 17.5 Å². The Balaban J connectivity index is 1.69. The standard InChI is InChI=1S/C28H29NO10/c1-37-18-7-5-14(23(38-2)24(18)39-3)13-4-6-16(30)20-15(13)9-11-8-12-10-17(31)21(27(29)35)26(34)28(12,36)25(33)19(11)22(20)32/h4-7,11-12,17,21,30-31,33,36H,8-10H2,1-3H3,(H2,29,35)/t11-,12+,17?,21?,28+/m1/s1. The lowest BCUT2D eigenvalue weighted by Gasteiger charge is -2.48. The zero-order chi connectivity index (χ0) is 28.4. The number of Topliss-reactive ketones (excluding diaryl/α,β-unsaturated/α-hetero) is 2. The largest absolute Gasteiger partial charge is 0.508 e. The van der Waals surface area contributed by atoms with Gasteiger partial charge in [-0.15, -0.1) is 0 Å². The molecule has 0 radical (unpaired) electrons. The molecular weight excluding hydrogens is 510 g/mol. The monoisotopic (exact) mass is 539 g/mol. The minimum atomic E-state index is -2.56. The molecule has 5 atom stereocenters. The van der Waals surface area contributed by atoms with E-state index in [1.807, 2.05) is 0 Å². The van der Waals surface area contributed by atoms with Crippen molar-refractivity contribution < 1.29 is 49.0 Å². The van der Waals surface area contributed by atoms with Gasteiger partial charge in [-0.2, -0.15) is 0 Å².